The third-order valence-electron chi connectivity index (χ3n) is 2.63. The Morgan fingerprint density at radius 1 is 0.944 bits per heavy atom. The van der Waals surface area contributed by atoms with E-state index in [0.29, 0.717) is 22.9 Å². The zero-order valence-corrected chi connectivity index (χ0v) is 10.3. The van der Waals surface area contributed by atoms with Crippen LogP contribution in [0.5, 0.6) is 0 Å². The van der Waals surface area contributed by atoms with Gasteiger partial charge in [0.2, 0.25) is 5.28 Å². The molecule has 0 N–H and O–H groups in total. The molecule has 3 aromatic heterocycles. The van der Waals surface area contributed by atoms with Crippen molar-refractivity contribution < 1.29 is 8.83 Å². The van der Waals surface area contributed by atoms with Crippen molar-refractivity contribution in [2.24, 2.45) is 0 Å². The smallest absolute Gasteiger partial charge is 0.223 e. The van der Waals surface area contributed by atoms with E-state index in [1.54, 1.807) is 24.7 Å². The molecular weight excluding hydrogens is 252 g/mol. The normalized spacial score (nSPS) is 10.8. The average Bonchev–Trinajstić information content (AvgIpc) is 3.02. The fourth-order valence-electron chi connectivity index (χ4n) is 1.80. The molecule has 4 nitrogen and oxygen atoms in total. The minimum absolute atomic E-state index is 0.165. The van der Waals surface area contributed by atoms with Crippen molar-refractivity contribution in [3.8, 4) is 22.9 Å². The molecule has 0 fully saturated rings. The fraction of sp³-hybridized carbons (Fsp3) is 0.0769. The van der Waals surface area contributed by atoms with Crippen LogP contribution < -0.4 is 0 Å². The summed E-state index contributed by atoms with van der Waals surface area (Å²) in [6.07, 6.45) is 3.19. The lowest BCUT2D eigenvalue weighted by Gasteiger charge is -2.06. The molecule has 0 bridgehead atoms. The second-order valence-electron chi connectivity index (χ2n) is 3.77. The largest absolute Gasteiger partial charge is 0.463 e. The highest BCUT2D eigenvalue weighted by atomic mass is 35.5. The highest BCUT2D eigenvalue weighted by Crippen LogP contribution is 2.30. The van der Waals surface area contributed by atoms with Crippen LogP contribution in [0, 0.1) is 6.92 Å². The number of aromatic nitrogens is 2. The molecule has 0 spiro atoms. The summed E-state index contributed by atoms with van der Waals surface area (Å²) in [5.41, 5.74) is 2.21. The molecule has 0 aliphatic heterocycles. The van der Waals surface area contributed by atoms with Crippen molar-refractivity contribution >= 4 is 11.6 Å². The minimum atomic E-state index is 0.165. The highest BCUT2D eigenvalue weighted by molar-refractivity contribution is 6.28. The van der Waals surface area contributed by atoms with Gasteiger partial charge in [0.25, 0.3) is 0 Å². The molecule has 0 aliphatic carbocycles. The minimum Gasteiger partial charge on any atom is -0.463 e. The molecule has 0 unspecified atom stereocenters. The zero-order chi connectivity index (χ0) is 12.5. The third-order valence-corrected chi connectivity index (χ3v) is 2.80. The Balaban J connectivity index is 2.23. The SMILES string of the molecule is Cc1c(-c2ccco2)nc(Cl)nc1-c1ccco1. The summed E-state index contributed by atoms with van der Waals surface area (Å²) >= 11 is 5.95. The predicted molar refractivity (Wildman–Crippen MR) is 67.2 cm³/mol. The molecule has 90 valence electrons. The van der Waals surface area contributed by atoms with Gasteiger partial charge in [0.05, 0.1) is 12.5 Å². The Labute approximate surface area is 108 Å². The van der Waals surface area contributed by atoms with Gasteiger partial charge in [0.1, 0.15) is 11.4 Å². The number of halogens is 1. The lowest BCUT2D eigenvalue weighted by atomic mass is 10.1. The maximum absolute atomic E-state index is 5.95. The molecule has 18 heavy (non-hydrogen) atoms. The topological polar surface area (TPSA) is 52.1 Å². The molecule has 3 heterocycles. The van der Waals surface area contributed by atoms with Gasteiger partial charge in [-0.3, -0.25) is 0 Å². The van der Waals surface area contributed by atoms with Gasteiger partial charge in [0.15, 0.2) is 11.5 Å². The number of rotatable bonds is 2. The quantitative estimate of drug-likeness (QED) is 0.655. The van der Waals surface area contributed by atoms with Crippen LogP contribution >= 0.6 is 11.6 Å². The first-order valence-corrected chi connectivity index (χ1v) is 5.75. The summed E-state index contributed by atoms with van der Waals surface area (Å²) in [5, 5.41) is 0.165. The van der Waals surface area contributed by atoms with Crippen LogP contribution in [0.1, 0.15) is 5.56 Å². The van der Waals surface area contributed by atoms with Crippen LogP contribution in [-0.4, -0.2) is 9.97 Å². The van der Waals surface area contributed by atoms with Gasteiger partial charge < -0.3 is 8.83 Å². The van der Waals surface area contributed by atoms with Crippen LogP contribution in [0.4, 0.5) is 0 Å². The van der Waals surface area contributed by atoms with Crippen LogP contribution in [0.25, 0.3) is 22.9 Å². The molecule has 0 saturated heterocycles. The molecule has 0 amide bonds. The van der Waals surface area contributed by atoms with Gasteiger partial charge in [-0.25, -0.2) is 9.97 Å². The number of nitrogens with zero attached hydrogens (tertiary/aromatic N) is 2. The second-order valence-corrected chi connectivity index (χ2v) is 4.11. The van der Waals surface area contributed by atoms with Crippen molar-refractivity contribution in [3.63, 3.8) is 0 Å². The maximum atomic E-state index is 5.95. The van der Waals surface area contributed by atoms with Crippen molar-refractivity contribution in [2.75, 3.05) is 0 Å². The molecule has 0 saturated carbocycles. The fourth-order valence-corrected chi connectivity index (χ4v) is 1.96. The predicted octanol–water partition coefficient (Wildman–Crippen LogP) is 3.96. The van der Waals surface area contributed by atoms with Gasteiger partial charge in [-0.2, -0.15) is 0 Å². The molecule has 0 atom stereocenters. The molecule has 3 aromatic rings. The lowest BCUT2D eigenvalue weighted by Crippen LogP contribution is -1.96. The highest BCUT2D eigenvalue weighted by Gasteiger charge is 2.16. The first kappa shape index (κ1) is 11.0. The Kier molecular flexibility index (Phi) is 2.64. The van der Waals surface area contributed by atoms with E-state index in [1.165, 1.54) is 0 Å². The Hall–Kier alpha value is -2.07. The van der Waals surface area contributed by atoms with E-state index >= 15 is 0 Å². The van der Waals surface area contributed by atoms with Gasteiger partial charge in [-0.05, 0) is 42.8 Å². The van der Waals surface area contributed by atoms with Gasteiger partial charge in [-0.1, -0.05) is 0 Å². The summed E-state index contributed by atoms with van der Waals surface area (Å²) in [6, 6.07) is 7.27. The Morgan fingerprint density at radius 3 is 1.83 bits per heavy atom. The molecule has 0 aliphatic rings. The Morgan fingerprint density at radius 2 is 1.44 bits per heavy atom. The van der Waals surface area contributed by atoms with Gasteiger partial charge in [-0.15, -0.1) is 0 Å². The monoisotopic (exact) mass is 260 g/mol. The van der Waals surface area contributed by atoms with Crippen LogP contribution in [-0.2, 0) is 0 Å². The lowest BCUT2D eigenvalue weighted by molar-refractivity contribution is 0.575. The van der Waals surface area contributed by atoms with Crippen molar-refractivity contribution in [3.05, 3.63) is 47.6 Å². The molecule has 3 rings (SSSR count). The maximum Gasteiger partial charge on any atom is 0.223 e. The molecular formula is C13H9ClN2O2. The van der Waals surface area contributed by atoms with Crippen LogP contribution in [0.2, 0.25) is 5.28 Å². The third kappa shape index (κ3) is 1.80. The van der Waals surface area contributed by atoms with Gasteiger partial charge in [0, 0.05) is 5.56 Å². The van der Waals surface area contributed by atoms with Crippen LogP contribution in [0.15, 0.2) is 45.6 Å². The average molecular weight is 261 g/mol. The van der Waals surface area contributed by atoms with Crippen molar-refractivity contribution in [1.82, 2.24) is 9.97 Å². The summed E-state index contributed by atoms with van der Waals surface area (Å²) in [5.74, 6) is 1.31. The van der Waals surface area contributed by atoms with E-state index in [2.05, 4.69) is 9.97 Å². The van der Waals surface area contributed by atoms with Crippen molar-refractivity contribution in [1.29, 1.82) is 0 Å². The summed E-state index contributed by atoms with van der Waals surface area (Å²) in [7, 11) is 0. The first-order chi connectivity index (χ1) is 8.75. The van der Waals surface area contributed by atoms with E-state index in [4.69, 9.17) is 20.4 Å². The van der Waals surface area contributed by atoms with Gasteiger partial charge >= 0.3 is 0 Å². The standard InChI is InChI=1S/C13H9ClN2O2/c1-8-11(9-4-2-6-17-9)15-13(14)16-12(8)10-5-3-7-18-10/h2-7H,1H3. The second kappa shape index (κ2) is 4.31. The number of hydrogen-bond acceptors (Lipinski definition) is 4. The first-order valence-electron chi connectivity index (χ1n) is 5.37. The summed E-state index contributed by atoms with van der Waals surface area (Å²) < 4.78 is 10.7. The number of furan rings is 2. The number of hydrogen-bond donors (Lipinski definition) is 0. The van der Waals surface area contributed by atoms with E-state index in [0.717, 1.165) is 5.56 Å². The molecule has 0 aromatic carbocycles. The van der Waals surface area contributed by atoms with E-state index in [9.17, 15) is 0 Å². The van der Waals surface area contributed by atoms with E-state index < -0.39 is 0 Å². The summed E-state index contributed by atoms with van der Waals surface area (Å²) in [4.78, 5) is 8.41. The molecule has 5 heteroatoms. The summed E-state index contributed by atoms with van der Waals surface area (Å²) in [6.45, 7) is 1.91. The zero-order valence-electron chi connectivity index (χ0n) is 9.55. The van der Waals surface area contributed by atoms with Crippen LogP contribution in [0.3, 0.4) is 0 Å². The molecule has 0 radical (unpaired) electrons. The van der Waals surface area contributed by atoms with E-state index in [1.807, 2.05) is 19.1 Å². The van der Waals surface area contributed by atoms with E-state index in [-0.39, 0.29) is 5.28 Å². The Bertz CT molecular complexity index is 605. The van der Waals surface area contributed by atoms with Crippen molar-refractivity contribution in [2.45, 2.75) is 6.92 Å².